The number of carbonyl (C=O) groups is 2. The maximum Gasteiger partial charge on any atom is 0.266 e. The van der Waals surface area contributed by atoms with E-state index in [2.05, 4.69) is 5.32 Å². The van der Waals surface area contributed by atoms with E-state index in [4.69, 9.17) is 0 Å². The van der Waals surface area contributed by atoms with Crippen molar-refractivity contribution in [2.45, 2.75) is 13.5 Å². The van der Waals surface area contributed by atoms with Gasteiger partial charge in [0.1, 0.15) is 11.6 Å². The van der Waals surface area contributed by atoms with E-state index in [0.29, 0.717) is 16.8 Å². The number of carboxylic acids is 1. The van der Waals surface area contributed by atoms with Gasteiger partial charge in [0, 0.05) is 28.4 Å². The van der Waals surface area contributed by atoms with Crippen LogP contribution < -0.4 is 10.4 Å². The maximum absolute atomic E-state index is 12.5. The Bertz CT molecular complexity index is 1100. The van der Waals surface area contributed by atoms with Crippen molar-refractivity contribution >= 4 is 34.5 Å². The number of carbonyl (C=O) groups excluding carboxylic acids is 2. The highest BCUT2D eigenvalue weighted by Gasteiger charge is 2.13. The molecule has 0 radical (unpaired) electrons. The number of aromatic nitrogens is 1. The fraction of sp³-hybridized carbons (Fsp3) is 0.0952. The predicted octanol–water partition coefficient (Wildman–Crippen LogP) is 2.25. The van der Waals surface area contributed by atoms with Crippen molar-refractivity contribution in [2.75, 3.05) is 5.32 Å². The number of benzene rings is 2. The molecule has 0 fully saturated rings. The number of hydrogen-bond acceptors (Lipinski definition) is 4. The lowest BCUT2D eigenvalue weighted by Crippen LogP contribution is -2.27. The Kier molecular flexibility index (Phi) is 5.04. The molecule has 2 aromatic carbocycles. The second-order valence-electron chi connectivity index (χ2n) is 6.09. The van der Waals surface area contributed by atoms with Crippen LogP contribution in [0, 0.1) is 18.3 Å². The lowest BCUT2D eigenvalue weighted by atomic mass is 10.1. The summed E-state index contributed by atoms with van der Waals surface area (Å²) < 4.78 is 1.52. The van der Waals surface area contributed by atoms with Crippen molar-refractivity contribution in [1.82, 2.24) is 4.57 Å². The van der Waals surface area contributed by atoms with E-state index in [0.717, 1.165) is 10.9 Å². The van der Waals surface area contributed by atoms with Crippen molar-refractivity contribution < 1.29 is 14.7 Å². The molecule has 0 saturated carbocycles. The average Bonchev–Trinajstić information content (AvgIpc) is 2.96. The van der Waals surface area contributed by atoms with Crippen LogP contribution >= 0.6 is 0 Å². The van der Waals surface area contributed by atoms with Gasteiger partial charge in [0.25, 0.3) is 5.91 Å². The van der Waals surface area contributed by atoms with E-state index in [1.807, 2.05) is 31.2 Å². The average molecular weight is 358 g/mol. The summed E-state index contributed by atoms with van der Waals surface area (Å²) >= 11 is 0. The zero-order valence-electron chi connectivity index (χ0n) is 14.6. The number of carboxylic acid groups (broad SMARTS) is 1. The molecule has 0 aliphatic heterocycles. The zero-order valence-corrected chi connectivity index (χ0v) is 14.6. The molecular weight excluding hydrogens is 342 g/mol. The van der Waals surface area contributed by atoms with Gasteiger partial charge in [-0.1, -0.05) is 30.3 Å². The van der Waals surface area contributed by atoms with Gasteiger partial charge in [-0.3, -0.25) is 4.79 Å². The Morgan fingerprint density at radius 3 is 2.70 bits per heavy atom. The fourth-order valence-corrected chi connectivity index (χ4v) is 2.89. The van der Waals surface area contributed by atoms with E-state index < -0.39 is 11.9 Å². The van der Waals surface area contributed by atoms with Gasteiger partial charge in [0.2, 0.25) is 0 Å². The smallest absolute Gasteiger partial charge is 0.266 e. The third kappa shape index (κ3) is 4.05. The Labute approximate surface area is 156 Å². The van der Waals surface area contributed by atoms with Crippen LogP contribution in [0.2, 0.25) is 0 Å². The van der Waals surface area contributed by atoms with Gasteiger partial charge < -0.3 is 19.8 Å². The second kappa shape index (κ2) is 7.58. The molecule has 134 valence electrons. The molecule has 6 nitrogen and oxygen atoms in total. The number of anilines is 1. The van der Waals surface area contributed by atoms with Crippen molar-refractivity contribution in [1.29, 1.82) is 5.26 Å². The summed E-state index contributed by atoms with van der Waals surface area (Å²) in [5.74, 6) is -1.75. The SMILES string of the molecule is Cc1cccc(NC(=O)/C(C#N)=C/c2cn(CC(=O)[O-])c3ccccc23)c1. The monoisotopic (exact) mass is 358 g/mol. The van der Waals surface area contributed by atoms with Crippen molar-refractivity contribution in [3.05, 3.63) is 71.4 Å². The highest BCUT2D eigenvalue weighted by atomic mass is 16.4. The number of aryl methyl sites for hydroxylation is 1. The van der Waals surface area contributed by atoms with E-state index in [1.165, 1.54) is 10.6 Å². The van der Waals surface area contributed by atoms with Crippen LogP contribution in [-0.4, -0.2) is 16.4 Å². The molecule has 0 spiro atoms. The van der Waals surface area contributed by atoms with Crippen LogP contribution in [0.1, 0.15) is 11.1 Å². The molecule has 6 heteroatoms. The van der Waals surface area contributed by atoms with Crippen molar-refractivity contribution in [3.63, 3.8) is 0 Å². The third-order valence-corrected chi connectivity index (χ3v) is 4.06. The molecule has 0 unspecified atom stereocenters. The number of aliphatic carboxylic acids is 1. The van der Waals surface area contributed by atoms with Gasteiger partial charge in [-0.05, 0) is 36.8 Å². The first-order valence-corrected chi connectivity index (χ1v) is 8.25. The summed E-state index contributed by atoms with van der Waals surface area (Å²) in [4.78, 5) is 23.4. The minimum atomic E-state index is -1.22. The van der Waals surface area contributed by atoms with Crippen LogP contribution in [0.25, 0.3) is 17.0 Å². The highest BCUT2D eigenvalue weighted by molar-refractivity contribution is 6.10. The molecule has 1 N–H and O–H groups in total. The summed E-state index contributed by atoms with van der Waals surface area (Å²) in [6.45, 7) is 1.59. The van der Waals surface area contributed by atoms with Gasteiger partial charge in [0.15, 0.2) is 0 Å². The Hall–Kier alpha value is -3.85. The highest BCUT2D eigenvalue weighted by Crippen LogP contribution is 2.24. The molecule has 0 aliphatic carbocycles. The predicted molar refractivity (Wildman–Crippen MR) is 100 cm³/mol. The van der Waals surface area contributed by atoms with Crippen LogP contribution in [-0.2, 0) is 16.1 Å². The van der Waals surface area contributed by atoms with Gasteiger partial charge in [-0.2, -0.15) is 5.26 Å². The molecule has 1 heterocycles. The lowest BCUT2D eigenvalue weighted by molar-refractivity contribution is -0.306. The van der Waals surface area contributed by atoms with Crippen LogP contribution in [0.5, 0.6) is 0 Å². The molecule has 27 heavy (non-hydrogen) atoms. The Morgan fingerprint density at radius 2 is 2.00 bits per heavy atom. The quantitative estimate of drug-likeness (QED) is 0.559. The Morgan fingerprint density at radius 1 is 1.22 bits per heavy atom. The lowest BCUT2D eigenvalue weighted by Gasteiger charge is -2.05. The molecule has 3 aromatic rings. The van der Waals surface area contributed by atoms with Gasteiger partial charge in [-0.25, -0.2) is 0 Å². The molecule has 1 aromatic heterocycles. The molecular formula is C21H16N3O3-. The Balaban J connectivity index is 1.97. The minimum absolute atomic E-state index is 0.0761. The topological polar surface area (TPSA) is 98.0 Å². The largest absolute Gasteiger partial charge is 0.548 e. The van der Waals surface area contributed by atoms with Crippen LogP contribution in [0.3, 0.4) is 0 Å². The maximum atomic E-state index is 12.5. The van der Waals surface area contributed by atoms with Gasteiger partial charge in [0.05, 0.1) is 12.5 Å². The molecule has 3 rings (SSSR count). The zero-order chi connectivity index (χ0) is 19.4. The number of nitrogens with one attached hydrogen (secondary N) is 1. The summed E-state index contributed by atoms with van der Waals surface area (Å²) in [6.07, 6.45) is 3.05. The van der Waals surface area contributed by atoms with E-state index >= 15 is 0 Å². The summed E-state index contributed by atoms with van der Waals surface area (Å²) in [5, 5.41) is 23.8. The number of amides is 1. The first kappa shape index (κ1) is 18.0. The van der Waals surface area contributed by atoms with Crippen LogP contribution in [0.4, 0.5) is 5.69 Å². The van der Waals surface area contributed by atoms with E-state index in [-0.39, 0.29) is 12.1 Å². The number of nitrogens with zero attached hydrogens (tertiary/aromatic N) is 2. The number of hydrogen-bond donors (Lipinski definition) is 1. The minimum Gasteiger partial charge on any atom is -0.548 e. The summed E-state index contributed by atoms with van der Waals surface area (Å²) in [6, 6.07) is 16.4. The molecule has 0 saturated heterocycles. The summed E-state index contributed by atoms with van der Waals surface area (Å²) in [5.41, 5.74) is 2.78. The first-order valence-electron chi connectivity index (χ1n) is 8.25. The molecule has 0 aliphatic rings. The third-order valence-electron chi connectivity index (χ3n) is 4.06. The van der Waals surface area contributed by atoms with E-state index in [1.54, 1.807) is 36.5 Å². The first-order chi connectivity index (χ1) is 13.0. The fourth-order valence-electron chi connectivity index (χ4n) is 2.89. The second-order valence-corrected chi connectivity index (χ2v) is 6.09. The van der Waals surface area contributed by atoms with Gasteiger partial charge >= 0.3 is 0 Å². The molecule has 0 atom stereocenters. The summed E-state index contributed by atoms with van der Waals surface area (Å²) in [7, 11) is 0. The number of para-hydroxylation sites is 1. The van der Waals surface area contributed by atoms with Crippen LogP contribution in [0.15, 0.2) is 60.3 Å². The van der Waals surface area contributed by atoms with E-state index in [9.17, 15) is 20.0 Å². The standard InChI is InChI=1S/C21H17N3O3/c1-14-5-4-6-17(9-14)23-21(27)15(11-22)10-16-12-24(13-20(25)26)19-8-3-2-7-18(16)19/h2-10,12H,13H2,1H3,(H,23,27)(H,25,26)/p-1/b15-10+. The number of fused-ring (bicyclic) bond motifs is 1. The number of rotatable bonds is 5. The van der Waals surface area contributed by atoms with Crippen molar-refractivity contribution in [3.8, 4) is 6.07 Å². The molecule has 0 bridgehead atoms. The normalized spacial score (nSPS) is 11.2. The van der Waals surface area contributed by atoms with Gasteiger partial charge in [-0.15, -0.1) is 0 Å². The molecule has 1 amide bonds. The number of nitriles is 1. The van der Waals surface area contributed by atoms with Crippen molar-refractivity contribution in [2.24, 2.45) is 0 Å².